The number of aromatic nitrogens is 2. The third kappa shape index (κ3) is 3.07. The molecule has 1 saturated carbocycles. The number of fused-ring (bicyclic) bond motifs is 1. The zero-order chi connectivity index (χ0) is 16.5. The molecule has 0 bridgehead atoms. The van der Waals surface area contributed by atoms with Gasteiger partial charge in [-0.15, -0.1) is 0 Å². The second-order valence-corrected chi connectivity index (χ2v) is 6.98. The van der Waals surface area contributed by atoms with Gasteiger partial charge in [0.15, 0.2) is 0 Å². The van der Waals surface area contributed by atoms with E-state index in [1.54, 1.807) is 0 Å². The number of rotatable bonds is 6. The highest BCUT2D eigenvalue weighted by Crippen LogP contribution is 2.40. The molecule has 0 saturated heterocycles. The summed E-state index contributed by atoms with van der Waals surface area (Å²) in [5, 5.41) is 16.7. The molecule has 0 radical (unpaired) electrons. The molecule has 1 aliphatic rings. The van der Waals surface area contributed by atoms with Crippen molar-refractivity contribution in [2.75, 3.05) is 6.54 Å². The Morgan fingerprint density at radius 2 is 2.21 bits per heavy atom. The van der Waals surface area contributed by atoms with Gasteiger partial charge in [0.05, 0.1) is 17.1 Å². The van der Waals surface area contributed by atoms with Crippen molar-refractivity contribution in [2.24, 2.45) is 0 Å². The minimum Gasteiger partial charge on any atom is -0.387 e. The molecule has 0 spiro atoms. The van der Waals surface area contributed by atoms with Crippen molar-refractivity contribution in [3.05, 3.63) is 52.5 Å². The van der Waals surface area contributed by atoms with Gasteiger partial charge in [0.1, 0.15) is 12.4 Å². The van der Waals surface area contributed by atoms with E-state index < -0.39 is 6.10 Å². The van der Waals surface area contributed by atoms with E-state index in [-0.39, 0.29) is 19.0 Å². The number of amides is 1. The van der Waals surface area contributed by atoms with Crippen LogP contribution in [0, 0.1) is 0 Å². The van der Waals surface area contributed by atoms with Crippen LogP contribution in [0.15, 0.2) is 41.1 Å². The quantitative estimate of drug-likeness (QED) is 0.724. The molecule has 124 valence electrons. The first kappa shape index (κ1) is 15.4. The Bertz CT molecular complexity index is 852. The Kier molecular flexibility index (Phi) is 4.08. The Morgan fingerprint density at radius 1 is 1.38 bits per heavy atom. The molecular formula is C18H19N3O2S. The van der Waals surface area contributed by atoms with Gasteiger partial charge < -0.3 is 15.0 Å². The van der Waals surface area contributed by atoms with E-state index in [2.05, 4.69) is 5.32 Å². The topological polar surface area (TPSA) is 67.2 Å². The summed E-state index contributed by atoms with van der Waals surface area (Å²) in [6.07, 6.45) is 1.62. The molecule has 1 amide bonds. The minimum absolute atomic E-state index is 0.102. The molecular weight excluding hydrogens is 322 g/mol. The standard InChI is InChI=1S/C18H19N3O2S/c22-16(13-7-8-24-11-13)9-19-17(23)10-21-15-4-2-1-3-14(15)20-18(21)12-5-6-12/h1-4,7-8,11-12,16,22H,5-6,9-10H2,(H,19,23). The summed E-state index contributed by atoms with van der Waals surface area (Å²) in [6.45, 7) is 0.462. The number of benzene rings is 1. The largest absolute Gasteiger partial charge is 0.387 e. The summed E-state index contributed by atoms with van der Waals surface area (Å²) < 4.78 is 2.01. The second-order valence-electron chi connectivity index (χ2n) is 6.20. The lowest BCUT2D eigenvalue weighted by Crippen LogP contribution is -2.31. The zero-order valence-corrected chi connectivity index (χ0v) is 14.0. The SMILES string of the molecule is O=C(Cn1c(C2CC2)nc2ccccc21)NCC(O)c1ccsc1. The number of carbonyl (C=O) groups is 1. The number of para-hydroxylation sites is 2. The van der Waals surface area contributed by atoms with Gasteiger partial charge in [0.2, 0.25) is 5.91 Å². The van der Waals surface area contributed by atoms with Gasteiger partial charge in [0, 0.05) is 12.5 Å². The predicted molar refractivity (Wildman–Crippen MR) is 94.0 cm³/mol. The van der Waals surface area contributed by atoms with Gasteiger partial charge in [-0.1, -0.05) is 12.1 Å². The lowest BCUT2D eigenvalue weighted by atomic mass is 10.2. The number of aliphatic hydroxyl groups excluding tert-OH is 1. The molecule has 2 aromatic heterocycles. The van der Waals surface area contributed by atoms with Crippen LogP contribution in [0.3, 0.4) is 0 Å². The molecule has 0 aliphatic heterocycles. The summed E-state index contributed by atoms with van der Waals surface area (Å²) in [4.78, 5) is 17.1. The van der Waals surface area contributed by atoms with Crippen LogP contribution in [-0.4, -0.2) is 27.1 Å². The second kappa shape index (κ2) is 6.37. The van der Waals surface area contributed by atoms with Crippen molar-refractivity contribution in [1.29, 1.82) is 0 Å². The van der Waals surface area contributed by atoms with Gasteiger partial charge >= 0.3 is 0 Å². The van der Waals surface area contributed by atoms with E-state index >= 15 is 0 Å². The van der Waals surface area contributed by atoms with Gasteiger partial charge in [-0.2, -0.15) is 11.3 Å². The van der Waals surface area contributed by atoms with Crippen LogP contribution in [0.2, 0.25) is 0 Å². The number of hydrogen-bond acceptors (Lipinski definition) is 4. The van der Waals surface area contributed by atoms with Crippen LogP contribution in [0.1, 0.15) is 36.3 Å². The Labute approximate surface area is 144 Å². The average Bonchev–Trinajstić information content (AvgIpc) is 3.16. The summed E-state index contributed by atoms with van der Waals surface area (Å²) in [5.74, 6) is 1.38. The monoisotopic (exact) mass is 341 g/mol. The van der Waals surface area contributed by atoms with Crippen molar-refractivity contribution in [2.45, 2.75) is 31.4 Å². The van der Waals surface area contributed by atoms with Crippen LogP contribution in [0.5, 0.6) is 0 Å². The maximum Gasteiger partial charge on any atom is 0.240 e. The summed E-state index contributed by atoms with van der Waals surface area (Å²) in [7, 11) is 0. The van der Waals surface area contributed by atoms with Crippen molar-refractivity contribution in [3.8, 4) is 0 Å². The molecule has 2 N–H and O–H groups in total. The van der Waals surface area contributed by atoms with Crippen LogP contribution in [-0.2, 0) is 11.3 Å². The third-order valence-corrected chi connectivity index (χ3v) is 5.05. The normalized spacial score (nSPS) is 15.5. The average molecular weight is 341 g/mol. The summed E-state index contributed by atoms with van der Waals surface area (Å²) in [5.41, 5.74) is 2.77. The Hall–Kier alpha value is -2.18. The van der Waals surface area contributed by atoms with Crippen LogP contribution >= 0.6 is 11.3 Å². The van der Waals surface area contributed by atoms with E-state index in [1.165, 1.54) is 11.3 Å². The van der Waals surface area contributed by atoms with E-state index in [0.29, 0.717) is 5.92 Å². The fraction of sp³-hybridized carbons (Fsp3) is 0.333. The Morgan fingerprint density at radius 3 is 2.96 bits per heavy atom. The van der Waals surface area contributed by atoms with Gasteiger partial charge in [-0.25, -0.2) is 4.98 Å². The first-order valence-corrected chi connectivity index (χ1v) is 9.08. The lowest BCUT2D eigenvalue weighted by Gasteiger charge is -2.12. The number of aliphatic hydroxyl groups is 1. The molecule has 4 rings (SSSR count). The number of carbonyl (C=O) groups excluding carboxylic acids is 1. The van der Waals surface area contributed by atoms with Gasteiger partial charge in [-0.3, -0.25) is 4.79 Å². The first-order chi connectivity index (χ1) is 11.7. The third-order valence-electron chi connectivity index (χ3n) is 4.35. The molecule has 1 unspecified atom stereocenters. The van der Waals surface area contributed by atoms with Gasteiger partial charge in [0.25, 0.3) is 0 Å². The Balaban J connectivity index is 1.47. The number of thiophene rings is 1. The lowest BCUT2D eigenvalue weighted by molar-refractivity contribution is -0.122. The molecule has 1 aromatic carbocycles. The smallest absolute Gasteiger partial charge is 0.240 e. The van der Waals surface area contributed by atoms with Crippen LogP contribution < -0.4 is 5.32 Å². The number of imidazole rings is 1. The molecule has 5 nitrogen and oxygen atoms in total. The first-order valence-electron chi connectivity index (χ1n) is 8.14. The molecule has 1 aliphatic carbocycles. The van der Waals surface area contributed by atoms with Crippen molar-refractivity contribution in [3.63, 3.8) is 0 Å². The summed E-state index contributed by atoms with van der Waals surface area (Å²) >= 11 is 1.53. The molecule has 3 aromatic rings. The molecule has 1 atom stereocenters. The highest BCUT2D eigenvalue weighted by Gasteiger charge is 2.30. The predicted octanol–water partition coefficient (Wildman–Crippen LogP) is 2.83. The fourth-order valence-electron chi connectivity index (χ4n) is 2.91. The fourth-order valence-corrected chi connectivity index (χ4v) is 3.61. The maximum absolute atomic E-state index is 12.4. The van der Waals surface area contributed by atoms with Gasteiger partial charge in [-0.05, 0) is 47.4 Å². The van der Waals surface area contributed by atoms with Crippen molar-refractivity contribution >= 4 is 28.3 Å². The van der Waals surface area contributed by atoms with Crippen molar-refractivity contribution < 1.29 is 9.90 Å². The number of nitrogens with one attached hydrogen (secondary N) is 1. The molecule has 1 fully saturated rings. The van der Waals surface area contributed by atoms with E-state index in [9.17, 15) is 9.90 Å². The van der Waals surface area contributed by atoms with E-state index in [1.807, 2.05) is 45.7 Å². The maximum atomic E-state index is 12.4. The number of hydrogen-bond donors (Lipinski definition) is 2. The zero-order valence-electron chi connectivity index (χ0n) is 13.2. The molecule has 6 heteroatoms. The molecule has 24 heavy (non-hydrogen) atoms. The van der Waals surface area contributed by atoms with E-state index in [0.717, 1.165) is 35.3 Å². The van der Waals surface area contributed by atoms with Crippen LogP contribution in [0.4, 0.5) is 0 Å². The minimum atomic E-state index is -0.664. The number of nitrogens with zero attached hydrogens (tertiary/aromatic N) is 2. The van der Waals surface area contributed by atoms with Crippen LogP contribution in [0.25, 0.3) is 11.0 Å². The highest BCUT2D eigenvalue weighted by molar-refractivity contribution is 7.07. The van der Waals surface area contributed by atoms with E-state index in [4.69, 9.17) is 4.98 Å². The highest BCUT2D eigenvalue weighted by atomic mass is 32.1. The molecule has 2 heterocycles. The summed E-state index contributed by atoms with van der Waals surface area (Å²) in [6, 6.07) is 9.79. The van der Waals surface area contributed by atoms with Crippen molar-refractivity contribution in [1.82, 2.24) is 14.9 Å².